The summed E-state index contributed by atoms with van der Waals surface area (Å²) >= 11 is 5.92. The number of benzene rings is 1. The topological polar surface area (TPSA) is 32.3 Å². The van der Waals surface area contributed by atoms with Crippen molar-refractivity contribution in [1.82, 2.24) is 5.32 Å². The van der Waals surface area contributed by atoms with Crippen LogP contribution in [-0.2, 0) is 4.79 Å². The minimum Gasteiger partial charge on any atom is -0.359 e. The van der Waals surface area contributed by atoms with Gasteiger partial charge in [0.2, 0.25) is 0 Å². The van der Waals surface area contributed by atoms with Crippen LogP contribution < -0.4 is 10.2 Å². The van der Waals surface area contributed by atoms with E-state index in [1.54, 1.807) is 0 Å². The molecule has 1 fully saturated rings. The first-order valence-corrected chi connectivity index (χ1v) is 5.37. The molecule has 88 valence electrons. The molecule has 0 radical (unpaired) electrons. The number of piperazine rings is 1. The van der Waals surface area contributed by atoms with Crippen molar-refractivity contribution in [3.63, 3.8) is 0 Å². The van der Waals surface area contributed by atoms with E-state index >= 15 is 0 Å². The molecule has 5 heteroatoms. The van der Waals surface area contributed by atoms with E-state index in [1.165, 1.54) is 0 Å². The van der Waals surface area contributed by atoms with Crippen LogP contribution >= 0.6 is 24.0 Å². The van der Waals surface area contributed by atoms with Crippen LogP contribution in [0.1, 0.15) is 0 Å². The monoisotopic (exact) mass is 260 g/mol. The first kappa shape index (κ1) is 13.3. The molecular weight excluding hydrogens is 247 g/mol. The summed E-state index contributed by atoms with van der Waals surface area (Å²) < 4.78 is 0. The largest absolute Gasteiger partial charge is 0.359 e. The van der Waals surface area contributed by atoms with Crippen LogP contribution in [0.4, 0.5) is 5.69 Å². The molecule has 0 aromatic heterocycles. The lowest BCUT2D eigenvalue weighted by Gasteiger charge is -2.34. The molecule has 1 saturated heterocycles. The third-order valence-corrected chi connectivity index (χ3v) is 2.82. The van der Waals surface area contributed by atoms with Gasteiger partial charge in [0.05, 0.1) is 6.04 Å². The molecule has 2 rings (SSSR count). The molecule has 0 bridgehead atoms. The summed E-state index contributed by atoms with van der Waals surface area (Å²) in [5, 5.41) is 3.90. The molecule has 16 heavy (non-hydrogen) atoms. The number of rotatable bonds is 2. The zero-order valence-electron chi connectivity index (χ0n) is 8.73. The molecule has 0 spiro atoms. The SMILES string of the molecule is Cl.O=CC1CNCCN1c1cccc(Cl)c1. The molecule has 1 N–H and O–H groups in total. The van der Waals surface area contributed by atoms with Gasteiger partial charge in [-0.2, -0.15) is 0 Å². The van der Waals surface area contributed by atoms with E-state index in [4.69, 9.17) is 11.6 Å². The predicted octanol–water partition coefficient (Wildman–Crippen LogP) is 1.74. The second kappa shape index (κ2) is 6.09. The quantitative estimate of drug-likeness (QED) is 0.823. The van der Waals surface area contributed by atoms with Crippen LogP contribution in [0.3, 0.4) is 0 Å². The molecule has 3 nitrogen and oxygen atoms in total. The first-order valence-electron chi connectivity index (χ1n) is 4.99. The van der Waals surface area contributed by atoms with Gasteiger partial charge in [0, 0.05) is 30.3 Å². The molecule has 0 amide bonds. The second-order valence-electron chi connectivity index (χ2n) is 3.58. The Hall–Kier alpha value is -0.770. The van der Waals surface area contributed by atoms with Gasteiger partial charge in [-0.05, 0) is 18.2 Å². The number of carbonyl (C=O) groups is 1. The number of aldehydes is 1. The zero-order chi connectivity index (χ0) is 10.7. The molecule has 1 heterocycles. The van der Waals surface area contributed by atoms with Crippen LogP contribution in [0.2, 0.25) is 5.02 Å². The van der Waals surface area contributed by atoms with Gasteiger partial charge in [0.15, 0.2) is 0 Å². The smallest absolute Gasteiger partial charge is 0.143 e. The zero-order valence-corrected chi connectivity index (χ0v) is 10.3. The summed E-state index contributed by atoms with van der Waals surface area (Å²) in [5.74, 6) is 0. The average molecular weight is 261 g/mol. The van der Waals surface area contributed by atoms with Gasteiger partial charge < -0.3 is 15.0 Å². The Balaban J connectivity index is 0.00000128. The minimum absolute atomic E-state index is 0. The predicted molar refractivity (Wildman–Crippen MR) is 68.8 cm³/mol. The van der Waals surface area contributed by atoms with Gasteiger partial charge in [-0.1, -0.05) is 17.7 Å². The standard InChI is InChI=1S/C11H13ClN2O.ClH/c12-9-2-1-3-10(6-9)14-5-4-13-7-11(14)8-15;/h1-3,6,8,11,13H,4-5,7H2;1H. The van der Waals surface area contributed by atoms with E-state index in [1.807, 2.05) is 24.3 Å². The number of nitrogens with zero attached hydrogens (tertiary/aromatic N) is 1. The maximum Gasteiger partial charge on any atom is 0.143 e. The van der Waals surface area contributed by atoms with Crippen LogP contribution in [0.5, 0.6) is 0 Å². The normalized spacial score (nSPS) is 20.1. The minimum atomic E-state index is -0.0859. The maximum atomic E-state index is 10.9. The lowest BCUT2D eigenvalue weighted by molar-refractivity contribution is -0.109. The van der Waals surface area contributed by atoms with Crippen LogP contribution in [-0.4, -0.2) is 32.0 Å². The van der Waals surface area contributed by atoms with E-state index in [0.717, 1.165) is 25.1 Å². The van der Waals surface area contributed by atoms with E-state index in [2.05, 4.69) is 10.2 Å². The highest BCUT2D eigenvalue weighted by Crippen LogP contribution is 2.21. The average Bonchev–Trinajstić information content (AvgIpc) is 2.29. The van der Waals surface area contributed by atoms with Crippen molar-refractivity contribution in [2.45, 2.75) is 6.04 Å². The van der Waals surface area contributed by atoms with Crippen LogP contribution in [0.15, 0.2) is 24.3 Å². The molecule has 0 saturated carbocycles. The first-order chi connectivity index (χ1) is 7.31. The third kappa shape index (κ3) is 2.88. The highest BCUT2D eigenvalue weighted by atomic mass is 35.5. The van der Waals surface area contributed by atoms with Gasteiger partial charge in [0.1, 0.15) is 6.29 Å². The Labute approximate surface area is 106 Å². The van der Waals surface area contributed by atoms with Crippen LogP contribution in [0, 0.1) is 0 Å². The fourth-order valence-corrected chi connectivity index (χ4v) is 2.01. The van der Waals surface area contributed by atoms with Crippen molar-refractivity contribution in [3.05, 3.63) is 29.3 Å². The van der Waals surface area contributed by atoms with Crippen molar-refractivity contribution >= 4 is 36.0 Å². The summed E-state index contributed by atoms with van der Waals surface area (Å²) in [4.78, 5) is 13.0. The molecule has 1 unspecified atom stereocenters. The van der Waals surface area contributed by atoms with Crippen molar-refractivity contribution in [1.29, 1.82) is 0 Å². The number of hydrogen-bond donors (Lipinski definition) is 1. The summed E-state index contributed by atoms with van der Waals surface area (Å²) in [6.45, 7) is 2.44. The molecule has 1 aliphatic heterocycles. The number of anilines is 1. The highest BCUT2D eigenvalue weighted by molar-refractivity contribution is 6.30. The van der Waals surface area contributed by atoms with Gasteiger partial charge in [-0.3, -0.25) is 0 Å². The van der Waals surface area contributed by atoms with E-state index in [0.29, 0.717) is 11.6 Å². The number of nitrogens with one attached hydrogen (secondary N) is 1. The Kier molecular flexibility index (Phi) is 5.06. The Morgan fingerprint density at radius 2 is 2.31 bits per heavy atom. The molecule has 1 aromatic rings. The Morgan fingerprint density at radius 3 is 3.00 bits per heavy atom. The van der Waals surface area contributed by atoms with E-state index in [9.17, 15) is 4.79 Å². The number of hydrogen-bond acceptors (Lipinski definition) is 3. The van der Waals surface area contributed by atoms with Crippen molar-refractivity contribution in [2.75, 3.05) is 24.5 Å². The van der Waals surface area contributed by atoms with Crippen molar-refractivity contribution < 1.29 is 4.79 Å². The lowest BCUT2D eigenvalue weighted by atomic mass is 10.1. The third-order valence-electron chi connectivity index (χ3n) is 2.58. The molecule has 0 aliphatic carbocycles. The Morgan fingerprint density at radius 1 is 1.50 bits per heavy atom. The molecule has 1 aliphatic rings. The molecular formula is C11H14Cl2N2O. The van der Waals surface area contributed by atoms with E-state index < -0.39 is 0 Å². The fraction of sp³-hybridized carbons (Fsp3) is 0.364. The molecule has 1 atom stereocenters. The summed E-state index contributed by atoms with van der Waals surface area (Å²) in [6, 6.07) is 7.53. The van der Waals surface area contributed by atoms with Gasteiger partial charge in [0.25, 0.3) is 0 Å². The second-order valence-corrected chi connectivity index (χ2v) is 4.02. The van der Waals surface area contributed by atoms with Crippen LogP contribution in [0.25, 0.3) is 0 Å². The van der Waals surface area contributed by atoms with Gasteiger partial charge in [-0.15, -0.1) is 12.4 Å². The summed E-state index contributed by atoms with van der Waals surface area (Å²) in [5.41, 5.74) is 1.01. The lowest BCUT2D eigenvalue weighted by Crippen LogP contribution is -2.52. The number of carbonyl (C=O) groups excluding carboxylic acids is 1. The number of halogens is 2. The fourth-order valence-electron chi connectivity index (χ4n) is 1.82. The van der Waals surface area contributed by atoms with E-state index in [-0.39, 0.29) is 18.4 Å². The van der Waals surface area contributed by atoms with Crippen molar-refractivity contribution in [3.8, 4) is 0 Å². The summed E-state index contributed by atoms with van der Waals surface area (Å²) in [7, 11) is 0. The Bertz CT molecular complexity index is 360. The van der Waals surface area contributed by atoms with Crippen molar-refractivity contribution in [2.24, 2.45) is 0 Å². The van der Waals surface area contributed by atoms with Gasteiger partial charge in [-0.25, -0.2) is 0 Å². The maximum absolute atomic E-state index is 10.9. The van der Waals surface area contributed by atoms with Gasteiger partial charge >= 0.3 is 0 Å². The molecule has 1 aromatic carbocycles. The highest BCUT2D eigenvalue weighted by Gasteiger charge is 2.21. The summed E-state index contributed by atoms with van der Waals surface area (Å²) in [6.07, 6.45) is 0.979.